The average Bonchev–Trinajstić information content (AvgIpc) is 1.81. The van der Waals surface area contributed by atoms with Gasteiger partial charge in [-0.1, -0.05) is 0 Å². The highest BCUT2D eigenvalue weighted by atomic mass is 32.2. The molecule has 0 fully saturated rings. The van der Waals surface area contributed by atoms with Crippen molar-refractivity contribution in [2.24, 2.45) is 5.73 Å². The molecule has 3 N–H and O–H groups in total. The molecule has 0 spiro atoms. The molecule has 0 aromatic rings. The standard InChI is InChI=1S/C5H11NO5S/c1-4(6)3-12(9,10)11-2-5(7)8/h4H,2-3,6H2,1H3,(H,7,8). The molecule has 0 radical (unpaired) electrons. The fourth-order valence-electron chi connectivity index (χ4n) is 0.510. The second kappa shape index (κ2) is 4.39. The third-order valence-corrected chi connectivity index (χ3v) is 2.24. The summed E-state index contributed by atoms with van der Waals surface area (Å²) < 4.78 is 25.7. The van der Waals surface area contributed by atoms with Gasteiger partial charge in [-0.3, -0.25) is 4.18 Å². The fraction of sp³-hybridized carbons (Fsp3) is 0.800. The zero-order chi connectivity index (χ0) is 9.78. The molecular weight excluding hydrogens is 186 g/mol. The largest absolute Gasteiger partial charge is 0.479 e. The van der Waals surface area contributed by atoms with Crippen molar-refractivity contribution >= 4 is 16.1 Å². The molecule has 0 aliphatic heterocycles. The Morgan fingerprint density at radius 1 is 1.67 bits per heavy atom. The van der Waals surface area contributed by atoms with E-state index in [0.717, 1.165) is 0 Å². The Hall–Kier alpha value is -0.660. The van der Waals surface area contributed by atoms with Crippen LogP contribution in [-0.4, -0.2) is 37.9 Å². The molecule has 1 atom stereocenters. The van der Waals surface area contributed by atoms with Crippen LogP contribution in [0.2, 0.25) is 0 Å². The Labute approximate surface area is 70.4 Å². The van der Waals surface area contributed by atoms with Gasteiger partial charge in [0.05, 0.1) is 5.75 Å². The predicted octanol–water partition coefficient (Wildman–Crippen LogP) is -1.24. The van der Waals surface area contributed by atoms with Gasteiger partial charge in [-0.15, -0.1) is 0 Å². The van der Waals surface area contributed by atoms with Gasteiger partial charge in [0.15, 0.2) is 6.61 Å². The number of carboxylic acid groups (broad SMARTS) is 1. The minimum absolute atomic E-state index is 0.375. The zero-order valence-corrected chi connectivity index (χ0v) is 7.37. The van der Waals surface area contributed by atoms with E-state index in [2.05, 4.69) is 4.18 Å². The third kappa shape index (κ3) is 6.08. The van der Waals surface area contributed by atoms with Gasteiger partial charge < -0.3 is 10.8 Å². The molecule has 7 heteroatoms. The molecule has 0 rings (SSSR count). The van der Waals surface area contributed by atoms with Crippen LogP contribution in [0.5, 0.6) is 0 Å². The highest BCUT2D eigenvalue weighted by molar-refractivity contribution is 7.86. The summed E-state index contributed by atoms with van der Waals surface area (Å²) in [4.78, 5) is 9.91. The van der Waals surface area contributed by atoms with Crippen molar-refractivity contribution in [3.8, 4) is 0 Å². The molecule has 0 saturated carbocycles. The van der Waals surface area contributed by atoms with Gasteiger partial charge in [0.2, 0.25) is 0 Å². The van der Waals surface area contributed by atoms with E-state index in [1.54, 1.807) is 0 Å². The van der Waals surface area contributed by atoms with E-state index < -0.39 is 28.7 Å². The van der Waals surface area contributed by atoms with Gasteiger partial charge in [-0.05, 0) is 6.92 Å². The minimum atomic E-state index is -3.78. The molecule has 0 aliphatic rings. The summed E-state index contributed by atoms with van der Waals surface area (Å²) in [6, 6.07) is -0.566. The van der Waals surface area contributed by atoms with Crippen LogP contribution in [-0.2, 0) is 19.1 Å². The van der Waals surface area contributed by atoms with Crippen LogP contribution in [0.3, 0.4) is 0 Å². The quantitative estimate of drug-likeness (QED) is 0.534. The molecule has 6 nitrogen and oxygen atoms in total. The second-order valence-electron chi connectivity index (χ2n) is 2.36. The number of hydrogen-bond acceptors (Lipinski definition) is 5. The summed E-state index contributed by atoms with van der Waals surface area (Å²) in [5.74, 6) is -1.71. The van der Waals surface area contributed by atoms with E-state index >= 15 is 0 Å². The lowest BCUT2D eigenvalue weighted by atomic mass is 10.4. The maximum atomic E-state index is 10.8. The summed E-state index contributed by atoms with van der Waals surface area (Å²) >= 11 is 0. The summed E-state index contributed by atoms with van der Waals surface area (Å²) in [6.07, 6.45) is 0. The monoisotopic (exact) mass is 197 g/mol. The Kier molecular flexibility index (Phi) is 4.15. The molecule has 0 aliphatic carbocycles. The number of rotatable bonds is 5. The first kappa shape index (κ1) is 11.3. The van der Waals surface area contributed by atoms with Crippen LogP contribution in [0, 0.1) is 0 Å². The van der Waals surface area contributed by atoms with Crippen LogP contribution in [0.1, 0.15) is 6.92 Å². The van der Waals surface area contributed by atoms with Crippen molar-refractivity contribution in [1.29, 1.82) is 0 Å². The van der Waals surface area contributed by atoms with Crippen molar-refractivity contribution in [3.05, 3.63) is 0 Å². The van der Waals surface area contributed by atoms with E-state index in [1.165, 1.54) is 6.92 Å². The van der Waals surface area contributed by atoms with Gasteiger partial charge in [0.1, 0.15) is 0 Å². The molecule has 0 amide bonds. The van der Waals surface area contributed by atoms with Gasteiger partial charge in [0, 0.05) is 6.04 Å². The lowest BCUT2D eigenvalue weighted by Gasteiger charge is -2.05. The predicted molar refractivity (Wildman–Crippen MR) is 41.0 cm³/mol. The maximum absolute atomic E-state index is 10.8. The van der Waals surface area contributed by atoms with Crippen LogP contribution in [0.4, 0.5) is 0 Å². The van der Waals surface area contributed by atoms with Crippen LogP contribution >= 0.6 is 0 Å². The molecule has 0 bridgehead atoms. The molecule has 0 heterocycles. The molecular formula is C5H11NO5S. The van der Waals surface area contributed by atoms with Gasteiger partial charge in [-0.25, -0.2) is 4.79 Å². The lowest BCUT2D eigenvalue weighted by molar-refractivity contribution is -0.139. The Bertz CT molecular complexity index is 245. The van der Waals surface area contributed by atoms with Crippen molar-refractivity contribution < 1.29 is 22.5 Å². The van der Waals surface area contributed by atoms with Crippen molar-refractivity contribution in [1.82, 2.24) is 0 Å². The van der Waals surface area contributed by atoms with E-state index in [-0.39, 0.29) is 5.75 Å². The Morgan fingerprint density at radius 2 is 2.17 bits per heavy atom. The highest BCUT2D eigenvalue weighted by Crippen LogP contribution is 1.94. The number of aliphatic carboxylic acids is 1. The number of nitrogens with two attached hydrogens (primary N) is 1. The third-order valence-electron chi connectivity index (χ3n) is 0.829. The first-order chi connectivity index (χ1) is 5.33. The van der Waals surface area contributed by atoms with Gasteiger partial charge in [0.25, 0.3) is 10.1 Å². The zero-order valence-electron chi connectivity index (χ0n) is 6.56. The summed E-state index contributed by atoms with van der Waals surface area (Å²) in [5, 5.41) is 8.09. The highest BCUT2D eigenvalue weighted by Gasteiger charge is 2.15. The molecule has 1 unspecified atom stereocenters. The van der Waals surface area contributed by atoms with Gasteiger partial charge in [-0.2, -0.15) is 8.42 Å². The van der Waals surface area contributed by atoms with Crippen molar-refractivity contribution in [2.75, 3.05) is 12.4 Å². The number of carboxylic acids is 1. The molecule has 12 heavy (non-hydrogen) atoms. The van der Waals surface area contributed by atoms with Crippen LogP contribution < -0.4 is 5.73 Å². The Balaban J connectivity index is 3.98. The smallest absolute Gasteiger partial charge is 0.331 e. The lowest BCUT2D eigenvalue weighted by Crippen LogP contribution is -2.28. The number of hydrogen-bond donors (Lipinski definition) is 2. The van der Waals surface area contributed by atoms with Crippen molar-refractivity contribution in [2.45, 2.75) is 13.0 Å². The summed E-state index contributed by atoms with van der Waals surface area (Å²) in [7, 11) is -3.78. The Morgan fingerprint density at radius 3 is 2.50 bits per heavy atom. The molecule has 0 aromatic heterocycles. The second-order valence-corrected chi connectivity index (χ2v) is 4.04. The van der Waals surface area contributed by atoms with Crippen molar-refractivity contribution in [3.63, 3.8) is 0 Å². The van der Waals surface area contributed by atoms with Gasteiger partial charge >= 0.3 is 5.97 Å². The minimum Gasteiger partial charge on any atom is -0.479 e. The fourth-order valence-corrected chi connectivity index (χ4v) is 1.53. The topological polar surface area (TPSA) is 107 Å². The average molecular weight is 197 g/mol. The maximum Gasteiger partial charge on any atom is 0.331 e. The van der Waals surface area contributed by atoms with Crippen LogP contribution in [0.25, 0.3) is 0 Å². The van der Waals surface area contributed by atoms with E-state index in [1.807, 2.05) is 0 Å². The van der Waals surface area contributed by atoms with E-state index in [0.29, 0.717) is 0 Å². The normalized spacial score (nSPS) is 14.2. The van der Waals surface area contributed by atoms with Crippen LogP contribution in [0.15, 0.2) is 0 Å². The van der Waals surface area contributed by atoms with E-state index in [9.17, 15) is 13.2 Å². The van der Waals surface area contributed by atoms with E-state index in [4.69, 9.17) is 10.8 Å². The SMILES string of the molecule is CC(N)CS(=O)(=O)OCC(=O)O. The first-order valence-electron chi connectivity index (χ1n) is 3.18. The number of carbonyl (C=O) groups is 1. The first-order valence-corrected chi connectivity index (χ1v) is 4.75. The molecule has 0 aromatic carbocycles. The summed E-state index contributed by atoms with van der Waals surface area (Å²) in [6.45, 7) is 0.636. The molecule has 0 saturated heterocycles. The molecule has 72 valence electrons. The summed E-state index contributed by atoms with van der Waals surface area (Å²) in [5.41, 5.74) is 5.18.